The molecule has 2 aromatic rings. The van der Waals surface area contributed by atoms with Gasteiger partial charge in [-0.3, -0.25) is 9.48 Å². The Bertz CT molecular complexity index is 563. The fourth-order valence-electron chi connectivity index (χ4n) is 1.81. The van der Waals surface area contributed by atoms with Crippen LogP contribution in [0.4, 0.5) is 5.69 Å². The molecule has 106 valence electrons. The molecular formula is C14H18N4O2. The van der Waals surface area contributed by atoms with Gasteiger partial charge in [0.1, 0.15) is 5.75 Å². The van der Waals surface area contributed by atoms with Gasteiger partial charge in [0.05, 0.1) is 12.2 Å². The van der Waals surface area contributed by atoms with Gasteiger partial charge in [0.15, 0.2) is 6.61 Å². The average Bonchev–Trinajstić information content (AvgIpc) is 2.91. The molecule has 6 nitrogen and oxygen atoms in total. The molecule has 1 aromatic carbocycles. The summed E-state index contributed by atoms with van der Waals surface area (Å²) in [6.45, 7) is 3.50. The summed E-state index contributed by atoms with van der Waals surface area (Å²) in [5, 5.41) is 7.52. The standard InChI is InChI=1S/C14H18N4O2/c1-2-18-12(7-8-17-18)9-16-11-3-5-13(6-4-11)20-10-14(15)19/h3-8,16H,2,9-10H2,1H3,(H2,15,19). The zero-order valence-electron chi connectivity index (χ0n) is 11.4. The molecule has 0 spiro atoms. The van der Waals surface area contributed by atoms with Gasteiger partial charge in [0.25, 0.3) is 5.91 Å². The number of ether oxygens (including phenoxy) is 1. The molecule has 2 rings (SSSR count). The maximum absolute atomic E-state index is 10.6. The first-order valence-electron chi connectivity index (χ1n) is 6.44. The van der Waals surface area contributed by atoms with Gasteiger partial charge in [-0.25, -0.2) is 0 Å². The minimum atomic E-state index is -0.486. The van der Waals surface area contributed by atoms with Crippen molar-refractivity contribution in [1.82, 2.24) is 9.78 Å². The van der Waals surface area contributed by atoms with Gasteiger partial charge in [-0.05, 0) is 37.3 Å². The summed E-state index contributed by atoms with van der Waals surface area (Å²) in [5.41, 5.74) is 7.11. The van der Waals surface area contributed by atoms with Gasteiger partial charge >= 0.3 is 0 Å². The van der Waals surface area contributed by atoms with E-state index in [1.165, 1.54) is 0 Å². The van der Waals surface area contributed by atoms with Crippen molar-refractivity contribution < 1.29 is 9.53 Å². The van der Waals surface area contributed by atoms with Crippen LogP contribution in [0.15, 0.2) is 36.5 Å². The second-order valence-corrected chi connectivity index (χ2v) is 4.27. The number of rotatable bonds is 7. The van der Waals surface area contributed by atoms with Gasteiger partial charge in [-0.1, -0.05) is 0 Å². The van der Waals surface area contributed by atoms with E-state index in [2.05, 4.69) is 17.3 Å². The topological polar surface area (TPSA) is 82.2 Å². The van der Waals surface area contributed by atoms with Crippen LogP contribution < -0.4 is 15.8 Å². The smallest absolute Gasteiger partial charge is 0.255 e. The molecule has 0 saturated carbocycles. The summed E-state index contributed by atoms with van der Waals surface area (Å²) in [6.07, 6.45) is 1.79. The molecule has 1 amide bonds. The molecule has 1 aromatic heterocycles. The van der Waals surface area contributed by atoms with Crippen molar-refractivity contribution in [3.05, 3.63) is 42.2 Å². The lowest BCUT2D eigenvalue weighted by Crippen LogP contribution is -2.19. The van der Waals surface area contributed by atoms with E-state index in [-0.39, 0.29) is 6.61 Å². The monoisotopic (exact) mass is 274 g/mol. The Kier molecular flexibility index (Phi) is 4.60. The lowest BCUT2D eigenvalue weighted by Gasteiger charge is -2.09. The molecule has 0 radical (unpaired) electrons. The van der Waals surface area contributed by atoms with Crippen molar-refractivity contribution in [1.29, 1.82) is 0 Å². The van der Waals surface area contributed by atoms with Crippen LogP contribution in [-0.2, 0) is 17.9 Å². The second kappa shape index (κ2) is 6.60. The molecule has 0 saturated heterocycles. The van der Waals surface area contributed by atoms with Crippen molar-refractivity contribution in [3.63, 3.8) is 0 Å². The van der Waals surface area contributed by atoms with Crippen LogP contribution in [0.25, 0.3) is 0 Å². The third-order valence-electron chi connectivity index (χ3n) is 2.81. The molecule has 20 heavy (non-hydrogen) atoms. The van der Waals surface area contributed by atoms with E-state index in [1.807, 2.05) is 22.9 Å². The van der Waals surface area contributed by atoms with Gasteiger partial charge in [-0.2, -0.15) is 5.10 Å². The van der Waals surface area contributed by atoms with E-state index in [1.54, 1.807) is 18.3 Å². The predicted molar refractivity (Wildman–Crippen MR) is 76.4 cm³/mol. The van der Waals surface area contributed by atoms with Crippen molar-refractivity contribution in [2.45, 2.75) is 20.0 Å². The molecule has 3 N–H and O–H groups in total. The van der Waals surface area contributed by atoms with Crippen molar-refractivity contribution in [2.24, 2.45) is 5.73 Å². The lowest BCUT2D eigenvalue weighted by molar-refractivity contribution is -0.119. The summed E-state index contributed by atoms with van der Waals surface area (Å²) >= 11 is 0. The van der Waals surface area contributed by atoms with Crippen LogP contribution in [0.3, 0.4) is 0 Å². The van der Waals surface area contributed by atoms with Crippen LogP contribution in [-0.4, -0.2) is 22.3 Å². The number of aromatic nitrogens is 2. The molecule has 0 atom stereocenters. The Balaban J connectivity index is 1.89. The quantitative estimate of drug-likeness (QED) is 0.799. The molecule has 1 heterocycles. The minimum Gasteiger partial charge on any atom is -0.484 e. The van der Waals surface area contributed by atoms with E-state index >= 15 is 0 Å². The highest BCUT2D eigenvalue weighted by atomic mass is 16.5. The summed E-state index contributed by atoms with van der Waals surface area (Å²) in [4.78, 5) is 10.6. The predicted octanol–water partition coefficient (Wildman–Crippen LogP) is 1.38. The molecule has 0 bridgehead atoms. The largest absolute Gasteiger partial charge is 0.484 e. The second-order valence-electron chi connectivity index (χ2n) is 4.27. The number of nitrogens with zero attached hydrogens (tertiary/aromatic N) is 2. The van der Waals surface area contributed by atoms with E-state index in [9.17, 15) is 4.79 Å². The number of anilines is 1. The molecule has 0 fully saturated rings. The van der Waals surface area contributed by atoms with Crippen molar-refractivity contribution in [2.75, 3.05) is 11.9 Å². The molecule has 0 aliphatic heterocycles. The SMILES string of the molecule is CCn1nccc1CNc1ccc(OCC(N)=O)cc1. The van der Waals surface area contributed by atoms with Crippen LogP contribution in [0.2, 0.25) is 0 Å². The van der Waals surface area contributed by atoms with Gasteiger partial charge in [0.2, 0.25) is 0 Å². The lowest BCUT2D eigenvalue weighted by atomic mass is 10.3. The normalized spacial score (nSPS) is 10.2. The minimum absolute atomic E-state index is 0.109. The summed E-state index contributed by atoms with van der Waals surface area (Å²) in [7, 11) is 0. The van der Waals surface area contributed by atoms with E-state index in [4.69, 9.17) is 10.5 Å². The first-order valence-corrected chi connectivity index (χ1v) is 6.44. The third-order valence-corrected chi connectivity index (χ3v) is 2.81. The van der Waals surface area contributed by atoms with E-state index in [0.29, 0.717) is 12.3 Å². The zero-order valence-corrected chi connectivity index (χ0v) is 11.4. The highest BCUT2D eigenvalue weighted by Gasteiger charge is 2.01. The van der Waals surface area contributed by atoms with Crippen LogP contribution >= 0.6 is 0 Å². The first kappa shape index (κ1) is 13.9. The Labute approximate surface area is 117 Å². The van der Waals surface area contributed by atoms with Crippen molar-refractivity contribution >= 4 is 11.6 Å². The average molecular weight is 274 g/mol. The molecular weight excluding hydrogens is 256 g/mol. The number of aryl methyl sites for hydroxylation is 1. The number of hydrogen-bond donors (Lipinski definition) is 2. The number of nitrogens with one attached hydrogen (secondary N) is 1. The number of carbonyl (C=O) groups excluding carboxylic acids is 1. The Morgan fingerprint density at radius 3 is 2.75 bits per heavy atom. The highest BCUT2D eigenvalue weighted by Crippen LogP contribution is 2.16. The molecule has 0 aliphatic carbocycles. The molecule has 0 aliphatic rings. The highest BCUT2D eigenvalue weighted by molar-refractivity contribution is 5.75. The number of primary amides is 1. The third kappa shape index (κ3) is 3.74. The maximum Gasteiger partial charge on any atom is 0.255 e. The van der Waals surface area contributed by atoms with E-state index < -0.39 is 5.91 Å². The van der Waals surface area contributed by atoms with Gasteiger partial charge < -0.3 is 15.8 Å². The summed E-state index contributed by atoms with van der Waals surface area (Å²) in [5.74, 6) is 0.132. The van der Waals surface area contributed by atoms with Crippen molar-refractivity contribution in [3.8, 4) is 5.75 Å². The number of carbonyl (C=O) groups is 1. The number of hydrogen-bond acceptors (Lipinski definition) is 4. The summed E-state index contributed by atoms with van der Waals surface area (Å²) < 4.78 is 7.13. The summed E-state index contributed by atoms with van der Waals surface area (Å²) in [6, 6.07) is 9.36. The zero-order chi connectivity index (χ0) is 14.4. The molecule has 6 heteroatoms. The van der Waals surface area contributed by atoms with Gasteiger partial charge in [-0.15, -0.1) is 0 Å². The molecule has 0 unspecified atom stereocenters. The van der Waals surface area contributed by atoms with E-state index in [0.717, 1.165) is 17.9 Å². The Hall–Kier alpha value is -2.50. The fraction of sp³-hybridized carbons (Fsp3) is 0.286. The first-order chi connectivity index (χ1) is 9.69. The number of nitrogens with two attached hydrogens (primary N) is 1. The Morgan fingerprint density at radius 1 is 1.35 bits per heavy atom. The van der Waals surface area contributed by atoms with Gasteiger partial charge in [0, 0.05) is 18.4 Å². The number of amides is 1. The Morgan fingerprint density at radius 2 is 2.10 bits per heavy atom. The maximum atomic E-state index is 10.6. The fourth-order valence-corrected chi connectivity index (χ4v) is 1.81. The van der Waals surface area contributed by atoms with Crippen LogP contribution in [0.1, 0.15) is 12.6 Å². The number of benzene rings is 1. The van der Waals surface area contributed by atoms with Crippen LogP contribution in [0, 0.1) is 0 Å². The van der Waals surface area contributed by atoms with Crippen LogP contribution in [0.5, 0.6) is 5.75 Å².